The van der Waals surface area contributed by atoms with E-state index in [1.165, 1.54) is 0 Å². The first-order chi connectivity index (χ1) is 15.4. The van der Waals surface area contributed by atoms with Crippen LogP contribution in [0.1, 0.15) is 30.4 Å². The Morgan fingerprint density at radius 3 is 2.69 bits per heavy atom. The molecule has 1 unspecified atom stereocenters. The molecule has 1 aliphatic heterocycles. The minimum absolute atomic E-state index is 0.0228. The average molecular weight is 454 g/mol. The van der Waals surface area contributed by atoms with Crippen molar-refractivity contribution in [2.24, 2.45) is 0 Å². The number of esters is 1. The summed E-state index contributed by atoms with van der Waals surface area (Å²) in [5.74, 6) is -1.41. The zero-order valence-electron chi connectivity index (χ0n) is 17.5. The SMILES string of the molecule is CC(CC(=O)OCC(=O)NCCN1C(=O)S/C(=C\c2cccnc2)C1=O)c1ccccc1. The zero-order valence-corrected chi connectivity index (χ0v) is 18.3. The Labute approximate surface area is 190 Å². The van der Waals surface area contributed by atoms with Crippen molar-refractivity contribution in [3.63, 3.8) is 0 Å². The molecule has 32 heavy (non-hydrogen) atoms. The number of imide groups is 1. The molecule has 166 valence electrons. The summed E-state index contributed by atoms with van der Waals surface area (Å²) in [5.41, 5.74) is 1.73. The van der Waals surface area contributed by atoms with E-state index >= 15 is 0 Å². The summed E-state index contributed by atoms with van der Waals surface area (Å²) in [6.07, 6.45) is 4.98. The third-order valence-electron chi connectivity index (χ3n) is 4.72. The number of nitrogens with one attached hydrogen (secondary N) is 1. The number of ether oxygens (including phenoxy) is 1. The molecule has 3 rings (SSSR count). The molecule has 2 heterocycles. The first-order valence-electron chi connectivity index (χ1n) is 10.1. The highest BCUT2D eigenvalue weighted by molar-refractivity contribution is 8.18. The lowest BCUT2D eigenvalue weighted by atomic mass is 9.98. The van der Waals surface area contributed by atoms with Gasteiger partial charge in [0.15, 0.2) is 6.61 Å². The molecular weight excluding hydrogens is 430 g/mol. The molecule has 1 aliphatic rings. The fraction of sp³-hybridized carbons (Fsp3) is 0.261. The number of carbonyl (C=O) groups excluding carboxylic acids is 4. The smallest absolute Gasteiger partial charge is 0.306 e. The number of thioether (sulfide) groups is 1. The summed E-state index contributed by atoms with van der Waals surface area (Å²) in [6.45, 7) is 1.59. The number of benzene rings is 1. The first kappa shape index (κ1) is 23.2. The number of hydrogen-bond donors (Lipinski definition) is 1. The van der Waals surface area contributed by atoms with E-state index in [0.717, 1.165) is 27.8 Å². The highest BCUT2D eigenvalue weighted by Gasteiger charge is 2.34. The van der Waals surface area contributed by atoms with Crippen molar-refractivity contribution in [1.29, 1.82) is 0 Å². The number of amides is 3. The van der Waals surface area contributed by atoms with Crippen LogP contribution in [0, 0.1) is 0 Å². The normalized spacial score (nSPS) is 15.7. The molecule has 8 nitrogen and oxygen atoms in total. The van der Waals surface area contributed by atoms with Gasteiger partial charge in [0.2, 0.25) is 0 Å². The summed E-state index contributed by atoms with van der Waals surface area (Å²) in [6, 6.07) is 13.1. The van der Waals surface area contributed by atoms with Gasteiger partial charge >= 0.3 is 5.97 Å². The second-order valence-electron chi connectivity index (χ2n) is 7.15. The lowest BCUT2D eigenvalue weighted by molar-refractivity contribution is -0.148. The van der Waals surface area contributed by atoms with Gasteiger partial charge in [-0.15, -0.1) is 0 Å². The largest absolute Gasteiger partial charge is 0.456 e. The van der Waals surface area contributed by atoms with Crippen LogP contribution in [0.15, 0.2) is 59.8 Å². The Bertz CT molecular complexity index is 1010. The Balaban J connectivity index is 1.39. The van der Waals surface area contributed by atoms with Gasteiger partial charge in [-0.3, -0.25) is 29.1 Å². The minimum Gasteiger partial charge on any atom is -0.456 e. The second-order valence-corrected chi connectivity index (χ2v) is 8.14. The molecule has 0 aliphatic carbocycles. The standard InChI is InChI=1S/C23H23N3O5S/c1-16(18-7-3-2-4-8-18)12-21(28)31-15-20(27)25-10-11-26-22(29)19(32-23(26)30)13-17-6-5-9-24-14-17/h2-9,13-14,16H,10-12,15H2,1H3,(H,25,27)/b19-13-. The van der Waals surface area contributed by atoms with Crippen molar-refractivity contribution in [1.82, 2.24) is 15.2 Å². The van der Waals surface area contributed by atoms with E-state index in [1.54, 1.807) is 30.6 Å². The summed E-state index contributed by atoms with van der Waals surface area (Å²) in [7, 11) is 0. The van der Waals surface area contributed by atoms with Crippen molar-refractivity contribution < 1.29 is 23.9 Å². The van der Waals surface area contributed by atoms with Crippen LogP contribution in [0.3, 0.4) is 0 Å². The van der Waals surface area contributed by atoms with Crippen molar-refractivity contribution in [3.05, 3.63) is 70.9 Å². The van der Waals surface area contributed by atoms with Crippen molar-refractivity contribution in [2.45, 2.75) is 19.3 Å². The van der Waals surface area contributed by atoms with Crippen LogP contribution < -0.4 is 5.32 Å². The van der Waals surface area contributed by atoms with Crippen LogP contribution in [-0.4, -0.2) is 52.6 Å². The number of rotatable bonds is 9. The number of carbonyl (C=O) groups is 4. The molecule has 1 saturated heterocycles. The molecule has 3 amide bonds. The third-order valence-corrected chi connectivity index (χ3v) is 5.63. The van der Waals surface area contributed by atoms with Crippen molar-refractivity contribution in [3.8, 4) is 0 Å². The van der Waals surface area contributed by atoms with Crippen molar-refractivity contribution >= 4 is 40.9 Å². The van der Waals surface area contributed by atoms with E-state index in [2.05, 4.69) is 10.3 Å². The quantitative estimate of drug-likeness (QED) is 0.460. The Hall–Kier alpha value is -3.46. The average Bonchev–Trinajstić information content (AvgIpc) is 3.06. The monoisotopic (exact) mass is 453 g/mol. The van der Waals surface area contributed by atoms with Gasteiger partial charge in [-0.05, 0) is 40.9 Å². The van der Waals surface area contributed by atoms with Crippen LogP contribution in [0.2, 0.25) is 0 Å². The van der Waals surface area contributed by atoms with Crippen molar-refractivity contribution in [2.75, 3.05) is 19.7 Å². The first-order valence-corrected chi connectivity index (χ1v) is 10.9. The fourth-order valence-electron chi connectivity index (χ4n) is 3.02. The van der Waals surface area contributed by atoms with E-state index in [1.807, 2.05) is 37.3 Å². The van der Waals surface area contributed by atoms with E-state index in [9.17, 15) is 19.2 Å². The molecule has 1 N–H and O–H groups in total. The van der Waals surface area contributed by atoms with E-state index < -0.39 is 29.6 Å². The van der Waals surface area contributed by atoms with Gasteiger partial charge in [0, 0.05) is 25.5 Å². The molecule has 1 aromatic carbocycles. The highest BCUT2D eigenvalue weighted by atomic mass is 32.2. The Kier molecular flexibility index (Phi) is 8.15. The van der Waals surface area contributed by atoms with Gasteiger partial charge in [0.05, 0.1) is 11.3 Å². The summed E-state index contributed by atoms with van der Waals surface area (Å²) >= 11 is 0.842. The van der Waals surface area contributed by atoms with Crippen LogP contribution >= 0.6 is 11.8 Å². The number of aromatic nitrogens is 1. The van der Waals surface area contributed by atoms with E-state index in [-0.39, 0.29) is 25.4 Å². The van der Waals surface area contributed by atoms with Gasteiger partial charge in [0.25, 0.3) is 17.1 Å². The summed E-state index contributed by atoms with van der Waals surface area (Å²) in [4.78, 5) is 53.8. The van der Waals surface area contributed by atoms with Gasteiger partial charge in [-0.2, -0.15) is 0 Å². The lowest BCUT2D eigenvalue weighted by Gasteiger charge is -2.13. The Morgan fingerprint density at radius 1 is 1.19 bits per heavy atom. The van der Waals surface area contributed by atoms with E-state index in [4.69, 9.17) is 4.74 Å². The molecule has 0 spiro atoms. The van der Waals surface area contributed by atoms with Crippen LogP contribution in [-0.2, 0) is 19.1 Å². The van der Waals surface area contributed by atoms with Crippen LogP contribution in [0.5, 0.6) is 0 Å². The van der Waals surface area contributed by atoms with Gasteiger partial charge in [-0.25, -0.2) is 0 Å². The predicted octanol–water partition coefficient (Wildman–Crippen LogP) is 2.97. The van der Waals surface area contributed by atoms with Gasteiger partial charge in [0.1, 0.15) is 0 Å². The van der Waals surface area contributed by atoms with Gasteiger partial charge < -0.3 is 10.1 Å². The van der Waals surface area contributed by atoms with Crippen LogP contribution in [0.4, 0.5) is 4.79 Å². The summed E-state index contributed by atoms with van der Waals surface area (Å²) < 4.78 is 5.03. The number of pyridine rings is 1. The maximum atomic E-state index is 12.4. The molecule has 0 radical (unpaired) electrons. The topological polar surface area (TPSA) is 106 Å². The molecular formula is C23H23N3O5S. The minimum atomic E-state index is -0.497. The highest BCUT2D eigenvalue weighted by Crippen LogP contribution is 2.31. The lowest BCUT2D eigenvalue weighted by Crippen LogP contribution is -2.38. The predicted molar refractivity (Wildman–Crippen MR) is 120 cm³/mol. The molecule has 0 saturated carbocycles. The van der Waals surface area contributed by atoms with Gasteiger partial charge in [-0.1, -0.05) is 43.3 Å². The van der Waals surface area contributed by atoms with E-state index in [0.29, 0.717) is 4.91 Å². The molecule has 1 fully saturated rings. The summed E-state index contributed by atoms with van der Waals surface area (Å²) in [5, 5.41) is 2.15. The molecule has 9 heteroatoms. The number of nitrogens with zero attached hydrogens (tertiary/aromatic N) is 2. The maximum Gasteiger partial charge on any atom is 0.306 e. The second kappa shape index (κ2) is 11.2. The maximum absolute atomic E-state index is 12.4. The third kappa shape index (κ3) is 6.52. The number of hydrogen-bond acceptors (Lipinski definition) is 7. The molecule has 1 atom stereocenters. The zero-order chi connectivity index (χ0) is 22.9. The van der Waals surface area contributed by atoms with Crippen LogP contribution in [0.25, 0.3) is 6.08 Å². The fourth-order valence-corrected chi connectivity index (χ4v) is 3.88. The Morgan fingerprint density at radius 2 is 1.97 bits per heavy atom. The molecule has 0 bridgehead atoms. The molecule has 1 aromatic heterocycles. The molecule has 2 aromatic rings.